The molecule has 0 N–H and O–H groups in total. The standard InChI is InChI=1S/C20H22FNO5/c1-24-18-7-6-14(10-19(18)25-2)20(23)22-8-9-26-17(12-22)13-27-16-5-3-4-15(21)11-16/h3-7,10-11,17H,8-9,12-13H2,1-2H3. The molecule has 1 amide bonds. The summed E-state index contributed by atoms with van der Waals surface area (Å²) in [6, 6.07) is 11.0. The summed E-state index contributed by atoms with van der Waals surface area (Å²) in [5.74, 6) is 1.03. The minimum absolute atomic E-state index is 0.116. The van der Waals surface area contributed by atoms with Gasteiger partial charge in [-0.1, -0.05) is 6.07 Å². The molecule has 1 saturated heterocycles. The Morgan fingerprint density at radius 2 is 2.00 bits per heavy atom. The number of ether oxygens (including phenoxy) is 4. The number of benzene rings is 2. The average Bonchev–Trinajstić information content (AvgIpc) is 2.71. The Kier molecular flexibility index (Phi) is 6.13. The van der Waals surface area contributed by atoms with Crippen LogP contribution in [-0.4, -0.2) is 57.4 Å². The predicted octanol–water partition coefficient (Wildman–Crippen LogP) is 2.76. The predicted molar refractivity (Wildman–Crippen MR) is 97.1 cm³/mol. The maximum Gasteiger partial charge on any atom is 0.254 e. The third kappa shape index (κ3) is 4.68. The van der Waals surface area contributed by atoms with Gasteiger partial charge < -0.3 is 23.8 Å². The van der Waals surface area contributed by atoms with E-state index in [9.17, 15) is 9.18 Å². The van der Waals surface area contributed by atoms with Crippen LogP contribution >= 0.6 is 0 Å². The maximum atomic E-state index is 13.2. The fraction of sp³-hybridized carbons (Fsp3) is 0.350. The van der Waals surface area contributed by atoms with Crippen molar-refractivity contribution < 1.29 is 28.1 Å². The molecule has 144 valence electrons. The van der Waals surface area contributed by atoms with Crippen molar-refractivity contribution in [2.75, 3.05) is 40.5 Å². The maximum absolute atomic E-state index is 13.2. The molecule has 0 spiro atoms. The quantitative estimate of drug-likeness (QED) is 0.777. The van der Waals surface area contributed by atoms with Crippen molar-refractivity contribution in [3.8, 4) is 17.2 Å². The molecule has 0 aliphatic carbocycles. The van der Waals surface area contributed by atoms with E-state index in [1.54, 1.807) is 42.3 Å². The zero-order chi connectivity index (χ0) is 19.2. The molecular formula is C20H22FNO5. The first-order valence-electron chi connectivity index (χ1n) is 8.62. The highest BCUT2D eigenvalue weighted by Gasteiger charge is 2.26. The second-order valence-electron chi connectivity index (χ2n) is 6.08. The van der Waals surface area contributed by atoms with Gasteiger partial charge in [0.05, 0.1) is 27.4 Å². The molecule has 0 bridgehead atoms. The third-order valence-corrected chi connectivity index (χ3v) is 4.29. The van der Waals surface area contributed by atoms with E-state index in [-0.39, 0.29) is 24.4 Å². The van der Waals surface area contributed by atoms with E-state index in [0.29, 0.717) is 42.5 Å². The Hall–Kier alpha value is -2.80. The molecule has 1 unspecified atom stereocenters. The largest absolute Gasteiger partial charge is 0.493 e. The zero-order valence-corrected chi connectivity index (χ0v) is 15.3. The molecule has 0 radical (unpaired) electrons. The van der Waals surface area contributed by atoms with Crippen LogP contribution in [0.15, 0.2) is 42.5 Å². The van der Waals surface area contributed by atoms with E-state index >= 15 is 0 Å². The van der Waals surface area contributed by atoms with Crippen LogP contribution in [0.5, 0.6) is 17.2 Å². The lowest BCUT2D eigenvalue weighted by Gasteiger charge is -2.33. The summed E-state index contributed by atoms with van der Waals surface area (Å²) in [4.78, 5) is 14.5. The summed E-state index contributed by atoms with van der Waals surface area (Å²) in [5, 5.41) is 0. The van der Waals surface area contributed by atoms with Crippen molar-refractivity contribution >= 4 is 5.91 Å². The van der Waals surface area contributed by atoms with Crippen molar-refractivity contribution in [1.82, 2.24) is 4.90 Å². The van der Waals surface area contributed by atoms with Crippen molar-refractivity contribution in [1.29, 1.82) is 0 Å². The third-order valence-electron chi connectivity index (χ3n) is 4.29. The second kappa shape index (κ2) is 8.73. The van der Waals surface area contributed by atoms with Crippen molar-refractivity contribution in [2.45, 2.75) is 6.10 Å². The first-order valence-corrected chi connectivity index (χ1v) is 8.62. The number of carbonyl (C=O) groups excluding carboxylic acids is 1. The Balaban J connectivity index is 1.62. The monoisotopic (exact) mass is 375 g/mol. The van der Waals surface area contributed by atoms with Crippen LogP contribution in [0, 0.1) is 5.82 Å². The first kappa shape index (κ1) is 19.0. The Morgan fingerprint density at radius 1 is 1.19 bits per heavy atom. The van der Waals surface area contributed by atoms with Crippen LogP contribution in [0.1, 0.15) is 10.4 Å². The van der Waals surface area contributed by atoms with Gasteiger partial charge in [-0.2, -0.15) is 0 Å². The normalized spacial score (nSPS) is 16.7. The molecule has 27 heavy (non-hydrogen) atoms. The van der Waals surface area contributed by atoms with Crippen molar-refractivity contribution in [3.63, 3.8) is 0 Å². The first-order chi connectivity index (χ1) is 13.1. The Labute approximate surface area is 157 Å². The van der Waals surface area contributed by atoms with Gasteiger partial charge in [0, 0.05) is 18.2 Å². The highest BCUT2D eigenvalue weighted by atomic mass is 19.1. The number of amides is 1. The molecule has 7 heteroatoms. The Bertz CT molecular complexity index is 798. The number of halogens is 1. The average molecular weight is 375 g/mol. The van der Waals surface area contributed by atoms with Gasteiger partial charge in [-0.15, -0.1) is 0 Å². The molecule has 3 rings (SSSR count). The molecule has 1 heterocycles. The highest BCUT2D eigenvalue weighted by Crippen LogP contribution is 2.28. The van der Waals surface area contributed by atoms with Gasteiger partial charge in [0.1, 0.15) is 24.3 Å². The molecule has 0 saturated carbocycles. The molecule has 1 fully saturated rings. The molecule has 1 atom stereocenters. The SMILES string of the molecule is COc1ccc(C(=O)N2CCOC(COc3cccc(F)c3)C2)cc1OC. The van der Waals surface area contributed by atoms with Gasteiger partial charge in [0.15, 0.2) is 11.5 Å². The van der Waals surface area contributed by atoms with Gasteiger partial charge in [-0.25, -0.2) is 4.39 Å². The number of rotatable bonds is 6. The van der Waals surface area contributed by atoms with Gasteiger partial charge in [-0.05, 0) is 30.3 Å². The van der Waals surface area contributed by atoms with E-state index in [1.807, 2.05) is 0 Å². The lowest BCUT2D eigenvalue weighted by molar-refractivity contribution is -0.0401. The van der Waals surface area contributed by atoms with E-state index in [4.69, 9.17) is 18.9 Å². The van der Waals surface area contributed by atoms with Crippen LogP contribution in [0.2, 0.25) is 0 Å². The minimum atomic E-state index is -0.359. The molecule has 1 aliphatic rings. The second-order valence-corrected chi connectivity index (χ2v) is 6.08. The van der Waals surface area contributed by atoms with E-state index in [0.717, 1.165) is 0 Å². The Morgan fingerprint density at radius 3 is 2.74 bits per heavy atom. The number of hydrogen-bond donors (Lipinski definition) is 0. The van der Waals surface area contributed by atoms with Crippen molar-refractivity contribution in [2.24, 2.45) is 0 Å². The summed E-state index contributed by atoms with van der Waals surface area (Å²) >= 11 is 0. The van der Waals surface area contributed by atoms with Crippen LogP contribution in [0.25, 0.3) is 0 Å². The van der Waals surface area contributed by atoms with Crippen LogP contribution in [0.3, 0.4) is 0 Å². The van der Waals surface area contributed by atoms with Crippen LogP contribution in [-0.2, 0) is 4.74 Å². The molecular weight excluding hydrogens is 353 g/mol. The molecule has 2 aromatic carbocycles. The smallest absolute Gasteiger partial charge is 0.254 e. The fourth-order valence-electron chi connectivity index (χ4n) is 2.90. The minimum Gasteiger partial charge on any atom is -0.493 e. The highest BCUT2D eigenvalue weighted by molar-refractivity contribution is 5.95. The lowest BCUT2D eigenvalue weighted by Crippen LogP contribution is -2.47. The van der Waals surface area contributed by atoms with E-state index in [1.165, 1.54) is 19.2 Å². The van der Waals surface area contributed by atoms with E-state index < -0.39 is 0 Å². The summed E-state index contributed by atoms with van der Waals surface area (Å²) in [6.45, 7) is 1.53. The summed E-state index contributed by atoms with van der Waals surface area (Å²) in [6.07, 6.45) is -0.286. The van der Waals surface area contributed by atoms with Crippen LogP contribution in [0.4, 0.5) is 4.39 Å². The topological polar surface area (TPSA) is 57.2 Å². The molecule has 2 aromatic rings. The number of morpholine rings is 1. The summed E-state index contributed by atoms with van der Waals surface area (Å²) < 4.78 is 34.9. The number of methoxy groups -OCH3 is 2. The lowest BCUT2D eigenvalue weighted by atomic mass is 10.1. The van der Waals surface area contributed by atoms with Gasteiger partial charge in [0.25, 0.3) is 5.91 Å². The van der Waals surface area contributed by atoms with Gasteiger partial charge in [-0.3, -0.25) is 4.79 Å². The fourth-order valence-corrected chi connectivity index (χ4v) is 2.90. The summed E-state index contributed by atoms with van der Waals surface area (Å²) in [7, 11) is 3.07. The molecule has 1 aliphatic heterocycles. The zero-order valence-electron chi connectivity index (χ0n) is 15.3. The van der Waals surface area contributed by atoms with E-state index in [2.05, 4.69) is 0 Å². The van der Waals surface area contributed by atoms with Crippen molar-refractivity contribution in [3.05, 3.63) is 53.8 Å². The summed E-state index contributed by atoms with van der Waals surface area (Å²) in [5.41, 5.74) is 0.513. The van der Waals surface area contributed by atoms with Gasteiger partial charge >= 0.3 is 0 Å². The number of hydrogen-bond acceptors (Lipinski definition) is 5. The number of nitrogens with zero attached hydrogens (tertiary/aromatic N) is 1. The van der Waals surface area contributed by atoms with Gasteiger partial charge in [0.2, 0.25) is 0 Å². The van der Waals surface area contributed by atoms with Crippen LogP contribution < -0.4 is 14.2 Å². The number of carbonyl (C=O) groups is 1. The molecule has 6 nitrogen and oxygen atoms in total. The molecule has 0 aromatic heterocycles.